The van der Waals surface area contributed by atoms with Gasteiger partial charge in [-0.05, 0) is 31.1 Å². The second-order valence-electron chi connectivity index (χ2n) is 5.23. The van der Waals surface area contributed by atoms with Crippen LogP contribution in [0.15, 0.2) is 4.99 Å². The molecule has 0 aromatic carbocycles. The molecule has 17 heavy (non-hydrogen) atoms. The number of aliphatic imine (C=N–C) groups is 1. The Hall–Kier alpha value is -0.770. The van der Waals surface area contributed by atoms with Crippen LogP contribution in [0, 0.1) is 11.8 Å². The van der Waals surface area contributed by atoms with Crippen LogP contribution in [0.25, 0.3) is 0 Å². The lowest BCUT2D eigenvalue weighted by Gasteiger charge is -2.26. The van der Waals surface area contributed by atoms with Gasteiger partial charge < -0.3 is 5.32 Å². The Morgan fingerprint density at radius 1 is 1.41 bits per heavy atom. The molecule has 0 aromatic heterocycles. The van der Waals surface area contributed by atoms with Crippen molar-refractivity contribution < 1.29 is 0 Å². The van der Waals surface area contributed by atoms with Crippen molar-refractivity contribution in [1.29, 1.82) is 0 Å². The monoisotopic (exact) mass is 240 g/mol. The molecule has 0 radical (unpaired) electrons. The standard InChI is InChI=1S/C13H28N4/c1-3-8-15-13(17-14)16-9-7-12-6-4-5-11(2)10-12/h11-12H,3-10,14H2,1-2H3,(H2,15,16,17). The van der Waals surface area contributed by atoms with Crippen molar-refractivity contribution in [2.45, 2.75) is 52.4 Å². The molecule has 100 valence electrons. The van der Waals surface area contributed by atoms with Gasteiger partial charge in [0.25, 0.3) is 0 Å². The van der Waals surface area contributed by atoms with E-state index in [1.54, 1.807) is 0 Å². The molecule has 1 aliphatic rings. The van der Waals surface area contributed by atoms with Crippen LogP contribution in [0.1, 0.15) is 52.4 Å². The minimum Gasteiger partial charge on any atom is -0.355 e. The summed E-state index contributed by atoms with van der Waals surface area (Å²) in [7, 11) is 0. The number of hydrogen-bond donors (Lipinski definition) is 3. The first-order valence-electron chi connectivity index (χ1n) is 7.01. The molecule has 0 aromatic rings. The second-order valence-corrected chi connectivity index (χ2v) is 5.23. The van der Waals surface area contributed by atoms with E-state index in [0.717, 1.165) is 37.3 Å². The van der Waals surface area contributed by atoms with Gasteiger partial charge in [-0.15, -0.1) is 0 Å². The highest BCUT2D eigenvalue weighted by Crippen LogP contribution is 2.30. The van der Waals surface area contributed by atoms with Gasteiger partial charge in [0.15, 0.2) is 0 Å². The van der Waals surface area contributed by atoms with Crippen LogP contribution < -0.4 is 16.6 Å². The van der Waals surface area contributed by atoms with E-state index < -0.39 is 0 Å². The quantitative estimate of drug-likeness (QED) is 0.298. The van der Waals surface area contributed by atoms with E-state index in [4.69, 9.17) is 5.84 Å². The third-order valence-electron chi connectivity index (χ3n) is 3.52. The van der Waals surface area contributed by atoms with Gasteiger partial charge in [-0.25, -0.2) is 5.84 Å². The van der Waals surface area contributed by atoms with E-state index in [2.05, 4.69) is 29.6 Å². The lowest BCUT2D eigenvalue weighted by atomic mass is 9.81. The smallest absolute Gasteiger partial charge is 0.205 e. The predicted molar refractivity (Wildman–Crippen MR) is 73.7 cm³/mol. The zero-order valence-corrected chi connectivity index (χ0v) is 11.3. The fourth-order valence-electron chi connectivity index (χ4n) is 2.59. The van der Waals surface area contributed by atoms with Crippen LogP contribution in [0.4, 0.5) is 0 Å². The summed E-state index contributed by atoms with van der Waals surface area (Å²) in [4.78, 5) is 4.33. The minimum atomic E-state index is 0.732. The van der Waals surface area contributed by atoms with Gasteiger partial charge in [0.05, 0.1) is 0 Å². The van der Waals surface area contributed by atoms with Gasteiger partial charge in [-0.3, -0.25) is 10.4 Å². The third kappa shape index (κ3) is 5.91. The van der Waals surface area contributed by atoms with E-state index in [0.29, 0.717) is 0 Å². The fraction of sp³-hybridized carbons (Fsp3) is 0.923. The molecule has 1 aliphatic carbocycles. The lowest BCUT2D eigenvalue weighted by Crippen LogP contribution is -2.42. The first-order chi connectivity index (χ1) is 8.26. The van der Waals surface area contributed by atoms with E-state index >= 15 is 0 Å². The molecule has 1 rings (SSSR count). The van der Waals surface area contributed by atoms with Crippen LogP contribution in [0.3, 0.4) is 0 Å². The van der Waals surface area contributed by atoms with Crippen LogP contribution in [0.5, 0.6) is 0 Å². The zero-order chi connectivity index (χ0) is 12.5. The zero-order valence-electron chi connectivity index (χ0n) is 11.3. The van der Waals surface area contributed by atoms with E-state index in [1.807, 2.05) is 0 Å². The molecular weight excluding hydrogens is 212 g/mol. The second kappa shape index (κ2) is 8.34. The fourth-order valence-corrected chi connectivity index (χ4v) is 2.59. The molecular formula is C13H28N4. The molecule has 2 unspecified atom stereocenters. The Morgan fingerprint density at radius 3 is 2.88 bits per heavy atom. The largest absolute Gasteiger partial charge is 0.355 e. The summed E-state index contributed by atoms with van der Waals surface area (Å²) < 4.78 is 0. The molecule has 0 saturated heterocycles. The van der Waals surface area contributed by atoms with Crippen LogP contribution in [0.2, 0.25) is 0 Å². The van der Waals surface area contributed by atoms with Crippen LogP contribution in [-0.2, 0) is 0 Å². The molecule has 0 amide bonds. The van der Waals surface area contributed by atoms with Crippen molar-refractivity contribution in [3.8, 4) is 0 Å². The van der Waals surface area contributed by atoms with Crippen LogP contribution in [-0.4, -0.2) is 19.0 Å². The number of nitrogens with one attached hydrogen (secondary N) is 2. The number of hydrazine groups is 1. The summed E-state index contributed by atoms with van der Waals surface area (Å²) in [6.07, 6.45) is 7.88. The molecule has 2 atom stereocenters. The summed E-state index contributed by atoms with van der Waals surface area (Å²) >= 11 is 0. The van der Waals surface area contributed by atoms with Crippen molar-refractivity contribution >= 4 is 5.96 Å². The van der Waals surface area contributed by atoms with Crippen molar-refractivity contribution in [3.63, 3.8) is 0 Å². The van der Waals surface area contributed by atoms with Crippen molar-refractivity contribution in [1.82, 2.24) is 10.7 Å². The SMILES string of the molecule is CCCN=C(NN)NCCC1CCCC(C)C1. The summed E-state index contributed by atoms with van der Waals surface area (Å²) in [6, 6.07) is 0. The lowest BCUT2D eigenvalue weighted by molar-refractivity contribution is 0.270. The third-order valence-corrected chi connectivity index (χ3v) is 3.52. The van der Waals surface area contributed by atoms with Gasteiger partial charge >= 0.3 is 0 Å². The van der Waals surface area contributed by atoms with Crippen molar-refractivity contribution in [2.75, 3.05) is 13.1 Å². The van der Waals surface area contributed by atoms with Crippen LogP contribution >= 0.6 is 0 Å². The summed E-state index contributed by atoms with van der Waals surface area (Å²) in [5.74, 6) is 7.94. The van der Waals surface area contributed by atoms with E-state index in [9.17, 15) is 0 Å². The number of nitrogens with two attached hydrogens (primary N) is 1. The molecule has 0 spiro atoms. The molecule has 1 saturated carbocycles. The Bertz CT molecular complexity index is 227. The predicted octanol–water partition coefficient (Wildman–Crippen LogP) is 2.02. The van der Waals surface area contributed by atoms with E-state index in [1.165, 1.54) is 32.1 Å². The Labute approximate surface area is 105 Å². The molecule has 0 aliphatic heterocycles. The molecule has 4 heteroatoms. The van der Waals surface area contributed by atoms with E-state index in [-0.39, 0.29) is 0 Å². The first kappa shape index (κ1) is 14.3. The van der Waals surface area contributed by atoms with Crippen molar-refractivity contribution in [3.05, 3.63) is 0 Å². The van der Waals surface area contributed by atoms with Gasteiger partial charge in [0.2, 0.25) is 5.96 Å². The maximum Gasteiger partial charge on any atom is 0.205 e. The Morgan fingerprint density at radius 2 is 2.24 bits per heavy atom. The Kier molecular flexibility index (Phi) is 7.01. The summed E-state index contributed by atoms with van der Waals surface area (Å²) in [5.41, 5.74) is 2.62. The van der Waals surface area contributed by atoms with Crippen molar-refractivity contribution in [2.24, 2.45) is 22.7 Å². The Balaban J connectivity index is 2.17. The molecule has 1 fully saturated rings. The van der Waals surface area contributed by atoms with Gasteiger partial charge in [-0.2, -0.15) is 0 Å². The number of nitrogens with zero attached hydrogens (tertiary/aromatic N) is 1. The maximum atomic E-state index is 5.41. The topological polar surface area (TPSA) is 62.4 Å². The minimum absolute atomic E-state index is 0.732. The summed E-state index contributed by atoms with van der Waals surface area (Å²) in [5, 5.41) is 3.28. The average Bonchev–Trinajstić information content (AvgIpc) is 2.33. The molecule has 0 bridgehead atoms. The number of guanidine groups is 1. The van der Waals surface area contributed by atoms with Gasteiger partial charge in [0, 0.05) is 13.1 Å². The first-order valence-corrected chi connectivity index (χ1v) is 7.01. The number of rotatable bonds is 5. The normalized spacial score (nSPS) is 25.7. The highest BCUT2D eigenvalue weighted by molar-refractivity contribution is 5.79. The molecule has 4 nitrogen and oxygen atoms in total. The van der Waals surface area contributed by atoms with Gasteiger partial charge in [0.1, 0.15) is 0 Å². The average molecular weight is 240 g/mol. The van der Waals surface area contributed by atoms with Gasteiger partial charge in [-0.1, -0.05) is 33.1 Å². The molecule has 4 N–H and O–H groups in total. The number of hydrogen-bond acceptors (Lipinski definition) is 2. The molecule has 0 heterocycles. The summed E-state index contributed by atoms with van der Waals surface area (Å²) in [6.45, 7) is 6.29. The maximum absolute atomic E-state index is 5.41. The highest BCUT2D eigenvalue weighted by atomic mass is 15.3. The highest BCUT2D eigenvalue weighted by Gasteiger charge is 2.18.